The highest BCUT2D eigenvalue weighted by molar-refractivity contribution is 6.07. The molecule has 2 amide bonds. The minimum absolute atomic E-state index is 0.0853. The van der Waals surface area contributed by atoms with Crippen molar-refractivity contribution in [2.24, 2.45) is 0 Å². The molecule has 0 saturated heterocycles. The Morgan fingerprint density at radius 2 is 1.48 bits per heavy atom. The highest BCUT2D eigenvalue weighted by atomic mass is 16.6. The lowest BCUT2D eigenvalue weighted by Gasteiger charge is -2.19. The zero-order chi connectivity index (χ0) is 20.4. The minimum Gasteiger partial charge on any atom is -0.444 e. The average Bonchev–Trinajstić information content (AvgIpc) is 2.82. The van der Waals surface area contributed by atoms with E-state index in [1.54, 1.807) is 58.9 Å². The van der Waals surface area contributed by atoms with Gasteiger partial charge < -0.3 is 15.0 Å². The smallest absolute Gasteiger partial charge is 0.412 e. The van der Waals surface area contributed by atoms with Crippen molar-refractivity contribution in [1.29, 1.82) is 0 Å². The van der Waals surface area contributed by atoms with Crippen molar-refractivity contribution in [2.75, 3.05) is 10.6 Å². The molecule has 27 heavy (non-hydrogen) atoms. The molecule has 0 aliphatic heterocycles. The predicted molar refractivity (Wildman–Crippen MR) is 105 cm³/mol. The van der Waals surface area contributed by atoms with Crippen molar-refractivity contribution in [3.8, 4) is 0 Å². The monoisotopic (exact) mass is 371 g/mol. The van der Waals surface area contributed by atoms with Gasteiger partial charge in [0, 0.05) is 22.6 Å². The predicted octanol–water partition coefficient (Wildman–Crippen LogP) is 4.43. The van der Waals surface area contributed by atoms with Gasteiger partial charge in [0.2, 0.25) is 0 Å². The first-order valence-electron chi connectivity index (χ1n) is 8.59. The second-order valence-electron chi connectivity index (χ2n) is 7.34. The van der Waals surface area contributed by atoms with Gasteiger partial charge in [-0.05, 0) is 71.4 Å². The fourth-order valence-electron chi connectivity index (χ4n) is 2.76. The topological polar surface area (TPSA) is 100 Å². The Morgan fingerprint density at radius 1 is 0.963 bits per heavy atom. The Balaban J connectivity index is 2.06. The van der Waals surface area contributed by atoms with E-state index in [1.807, 2.05) is 0 Å². The maximum absolute atomic E-state index is 12.5. The second kappa shape index (κ2) is 7.65. The van der Waals surface area contributed by atoms with Crippen molar-refractivity contribution in [1.82, 2.24) is 4.98 Å². The summed E-state index contributed by atoms with van der Waals surface area (Å²) in [5, 5.41) is 5.40. The summed E-state index contributed by atoms with van der Waals surface area (Å²) < 4.78 is 5.19. The van der Waals surface area contributed by atoms with Crippen LogP contribution in [0.25, 0.3) is 0 Å². The first-order valence-corrected chi connectivity index (χ1v) is 8.59. The third kappa shape index (κ3) is 5.20. The number of aromatic nitrogens is 1. The van der Waals surface area contributed by atoms with E-state index in [-0.39, 0.29) is 11.7 Å². The summed E-state index contributed by atoms with van der Waals surface area (Å²) in [6.45, 7) is 10.3. The van der Waals surface area contributed by atoms with Crippen LogP contribution in [0.2, 0.25) is 0 Å². The van der Waals surface area contributed by atoms with Gasteiger partial charge in [-0.3, -0.25) is 14.9 Å². The molecule has 0 fully saturated rings. The number of nitrogens with one attached hydrogen (secondary N) is 3. The van der Waals surface area contributed by atoms with Gasteiger partial charge in [0.15, 0.2) is 5.78 Å². The van der Waals surface area contributed by atoms with Crippen LogP contribution in [-0.4, -0.2) is 28.4 Å². The van der Waals surface area contributed by atoms with Crippen LogP contribution in [0.3, 0.4) is 0 Å². The van der Waals surface area contributed by atoms with Crippen LogP contribution < -0.4 is 10.6 Å². The number of anilines is 2. The summed E-state index contributed by atoms with van der Waals surface area (Å²) in [6.07, 6.45) is -0.548. The normalized spacial score (nSPS) is 11.0. The molecule has 2 rings (SSSR count). The largest absolute Gasteiger partial charge is 0.444 e. The SMILES string of the molecule is CC(=O)c1c(C)[nH]c(C(=O)Nc2ccc(NC(=O)OC(C)(C)C)cc2)c1C. The first-order chi connectivity index (χ1) is 12.5. The number of benzene rings is 1. The summed E-state index contributed by atoms with van der Waals surface area (Å²) in [7, 11) is 0. The Morgan fingerprint density at radius 3 is 1.93 bits per heavy atom. The van der Waals surface area contributed by atoms with Crippen LogP contribution in [-0.2, 0) is 4.74 Å². The Kier molecular flexibility index (Phi) is 5.73. The van der Waals surface area contributed by atoms with E-state index in [0.29, 0.717) is 33.9 Å². The summed E-state index contributed by atoms with van der Waals surface area (Å²) >= 11 is 0. The number of H-pyrrole nitrogens is 1. The number of hydrogen-bond acceptors (Lipinski definition) is 4. The fraction of sp³-hybridized carbons (Fsp3) is 0.350. The lowest BCUT2D eigenvalue weighted by atomic mass is 10.1. The van der Waals surface area contributed by atoms with Gasteiger partial charge in [-0.25, -0.2) is 4.79 Å². The van der Waals surface area contributed by atoms with Crippen LogP contribution in [0.15, 0.2) is 24.3 Å². The zero-order valence-corrected chi connectivity index (χ0v) is 16.4. The van der Waals surface area contributed by atoms with E-state index in [9.17, 15) is 14.4 Å². The number of carbonyl (C=O) groups excluding carboxylic acids is 3. The molecule has 0 bridgehead atoms. The molecule has 3 N–H and O–H groups in total. The Labute approximate surface area is 158 Å². The van der Waals surface area contributed by atoms with E-state index in [2.05, 4.69) is 15.6 Å². The van der Waals surface area contributed by atoms with Crippen molar-refractivity contribution in [2.45, 2.75) is 47.1 Å². The van der Waals surface area contributed by atoms with Crippen LogP contribution in [0.4, 0.5) is 16.2 Å². The molecule has 2 aromatic rings. The van der Waals surface area contributed by atoms with Gasteiger partial charge in [0.1, 0.15) is 11.3 Å². The molecule has 1 heterocycles. The lowest BCUT2D eigenvalue weighted by molar-refractivity contribution is 0.0635. The summed E-state index contributed by atoms with van der Waals surface area (Å²) in [5.74, 6) is -0.422. The highest BCUT2D eigenvalue weighted by Crippen LogP contribution is 2.21. The molecule has 0 aliphatic rings. The molecule has 0 unspecified atom stereocenters. The van der Waals surface area contributed by atoms with Gasteiger partial charge in [-0.15, -0.1) is 0 Å². The summed E-state index contributed by atoms with van der Waals surface area (Å²) in [6, 6.07) is 6.66. The number of rotatable bonds is 4. The molecule has 0 saturated carbocycles. The quantitative estimate of drug-likeness (QED) is 0.692. The maximum atomic E-state index is 12.5. The number of aromatic amines is 1. The Bertz CT molecular complexity index is 874. The van der Waals surface area contributed by atoms with Crippen molar-refractivity contribution >= 4 is 29.2 Å². The average molecular weight is 371 g/mol. The molecular formula is C20H25N3O4. The lowest BCUT2D eigenvalue weighted by Crippen LogP contribution is -2.27. The van der Waals surface area contributed by atoms with E-state index < -0.39 is 11.7 Å². The molecule has 7 nitrogen and oxygen atoms in total. The van der Waals surface area contributed by atoms with Crippen LogP contribution in [0, 0.1) is 13.8 Å². The van der Waals surface area contributed by atoms with Crippen molar-refractivity contribution < 1.29 is 19.1 Å². The zero-order valence-electron chi connectivity index (χ0n) is 16.4. The molecule has 144 valence electrons. The third-order valence-electron chi connectivity index (χ3n) is 3.80. The standard InChI is InChI=1S/C20H25N3O4/c1-11-16(13(3)24)12(2)21-17(11)18(25)22-14-7-9-15(10-8-14)23-19(26)27-20(4,5)6/h7-10,21H,1-6H3,(H,22,25)(H,23,26). The minimum atomic E-state index is -0.581. The maximum Gasteiger partial charge on any atom is 0.412 e. The molecule has 0 atom stereocenters. The van der Waals surface area contributed by atoms with Gasteiger partial charge in [0.05, 0.1) is 0 Å². The molecule has 0 radical (unpaired) electrons. The fourth-order valence-corrected chi connectivity index (χ4v) is 2.76. The molecule has 0 aliphatic carbocycles. The van der Waals surface area contributed by atoms with Gasteiger partial charge in [-0.2, -0.15) is 0 Å². The molecule has 0 spiro atoms. The number of hydrogen-bond donors (Lipinski definition) is 3. The van der Waals surface area contributed by atoms with Crippen LogP contribution in [0.5, 0.6) is 0 Å². The van der Waals surface area contributed by atoms with E-state index in [4.69, 9.17) is 4.74 Å². The molecular weight excluding hydrogens is 346 g/mol. The van der Waals surface area contributed by atoms with Gasteiger partial charge in [0.25, 0.3) is 5.91 Å². The Hall–Kier alpha value is -3.09. The van der Waals surface area contributed by atoms with Crippen molar-refractivity contribution in [3.05, 3.63) is 46.8 Å². The molecule has 7 heteroatoms. The second-order valence-corrected chi connectivity index (χ2v) is 7.34. The number of ketones is 1. The van der Waals surface area contributed by atoms with Gasteiger partial charge in [-0.1, -0.05) is 0 Å². The summed E-state index contributed by atoms with van der Waals surface area (Å²) in [5.41, 5.74) is 2.72. The number of Topliss-reactive ketones (excluding diaryl/α,β-unsaturated/α-hetero) is 1. The van der Waals surface area contributed by atoms with Crippen LogP contribution >= 0.6 is 0 Å². The first kappa shape index (κ1) is 20.2. The van der Waals surface area contributed by atoms with Crippen LogP contribution in [0.1, 0.15) is 59.8 Å². The number of amides is 2. The van der Waals surface area contributed by atoms with E-state index >= 15 is 0 Å². The molecule has 1 aromatic carbocycles. The van der Waals surface area contributed by atoms with Crippen molar-refractivity contribution in [3.63, 3.8) is 0 Å². The molecule has 1 aromatic heterocycles. The number of ether oxygens (including phenoxy) is 1. The van der Waals surface area contributed by atoms with Gasteiger partial charge >= 0.3 is 6.09 Å². The third-order valence-corrected chi connectivity index (χ3v) is 3.80. The summed E-state index contributed by atoms with van der Waals surface area (Å²) in [4.78, 5) is 38.9. The number of carbonyl (C=O) groups is 3. The number of aryl methyl sites for hydroxylation is 1. The van der Waals surface area contributed by atoms with E-state index in [0.717, 1.165) is 0 Å². The van der Waals surface area contributed by atoms with E-state index in [1.165, 1.54) is 6.92 Å². The highest BCUT2D eigenvalue weighted by Gasteiger charge is 2.20.